The first-order valence-electron chi connectivity index (χ1n) is 9.67. The fourth-order valence-corrected chi connectivity index (χ4v) is 4.76. The lowest BCUT2D eigenvalue weighted by Gasteiger charge is -2.32. The van der Waals surface area contributed by atoms with Crippen molar-refractivity contribution < 1.29 is 4.57 Å². The number of nitrogens with two attached hydrogens (primary N) is 1. The van der Waals surface area contributed by atoms with Gasteiger partial charge in [-0.05, 0) is 51.8 Å². The molecule has 1 saturated heterocycles. The van der Waals surface area contributed by atoms with Gasteiger partial charge in [-0.25, -0.2) is 0 Å². The van der Waals surface area contributed by atoms with Crippen LogP contribution >= 0.6 is 0 Å². The van der Waals surface area contributed by atoms with Crippen molar-refractivity contribution in [2.75, 3.05) is 19.3 Å². The van der Waals surface area contributed by atoms with Crippen molar-refractivity contribution in [3.05, 3.63) is 35.5 Å². The minimum absolute atomic E-state index is 0.738. The highest BCUT2D eigenvalue weighted by atomic mass is 15.1. The highest BCUT2D eigenvalue weighted by Gasteiger charge is 2.28. The first kappa shape index (κ1) is 15.9. The average Bonchev–Trinajstić information content (AvgIpc) is 2.63. The number of aryl methyl sites for hydroxylation is 1. The molecule has 3 nitrogen and oxygen atoms in total. The van der Waals surface area contributed by atoms with Crippen molar-refractivity contribution in [1.82, 2.24) is 4.90 Å². The second-order valence-electron chi connectivity index (χ2n) is 7.63. The zero-order valence-electron chi connectivity index (χ0n) is 14.9. The van der Waals surface area contributed by atoms with Crippen LogP contribution in [0.3, 0.4) is 0 Å². The molecule has 1 aromatic heterocycles. The summed E-state index contributed by atoms with van der Waals surface area (Å²) in [6.07, 6.45) is 10.3. The number of pyridine rings is 1. The van der Waals surface area contributed by atoms with E-state index >= 15 is 0 Å². The summed E-state index contributed by atoms with van der Waals surface area (Å²) in [5.41, 5.74) is 11.8. The zero-order valence-corrected chi connectivity index (χ0v) is 14.9. The van der Waals surface area contributed by atoms with Crippen molar-refractivity contribution in [2.24, 2.45) is 0 Å². The second kappa shape index (κ2) is 6.72. The minimum Gasteiger partial charge on any atom is -0.398 e. The lowest BCUT2D eigenvalue weighted by Crippen LogP contribution is -2.45. The molecule has 1 atom stereocenters. The van der Waals surface area contributed by atoms with Crippen molar-refractivity contribution in [3.8, 4) is 0 Å². The average molecular weight is 324 g/mol. The molecule has 0 saturated carbocycles. The van der Waals surface area contributed by atoms with E-state index in [2.05, 4.69) is 40.8 Å². The molecule has 0 radical (unpaired) electrons. The Bertz CT molecular complexity index is 737. The Morgan fingerprint density at radius 1 is 1.12 bits per heavy atom. The van der Waals surface area contributed by atoms with Gasteiger partial charge in [0.25, 0.3) is 0 Å². The highest BCUT2D eigenvalue weighted by Crippen LogP contribution is 2.30. The molecule has 2 N–H and O–H groups in total. The fourth-order valence-electron chi connectivity index (χ4n) is 4.76. The standard InChI is InChI=1S/C21H29N3/c1-23-14-7-6-8-16(23)13-15-24-19-11-4-2-9-17(19)21(22)18-10-3-5-12-20(18)24/h2,4,9,11,16,22H,3,5-8,10,12-15H2,1H3/p+1. The summed E-state index contributed by atoms with van der Waals surface area (Å²) in [7, 11) is 2.30. The Morgan fingerprint density at radius 3 is 2.83 bits per heavy atom. The fraction of sp³-hybridized carbons (Fsp3) is 0.571. The monoisotopic (exact) mass is 324 g/mol. The number of anilines is 1. The van der Waals surface area contributed by atoms with Crippen LogP contribution in [0.5, 0.6) is 0 Å². The van der Waals surface area contributed by atoms with Crippen LogP contribution in [0.2, 0.25) is 0 Å². The van der Waals surface area contributed by atoms with E-state index in [0.29, 0.717) is 0 Å². The Labute approximate surface area is 145 Å². The third-order valence-electron chi connectivity index (χ3n) is 6.18. The molecule has 0 amide bonds. The number of likely N-dealkylation sites (tertiary alicyclic amines) is 1. The summed E-state index contributed by atoms with van der Waals surface area (Å²) in [5.74, 6) is 0. The van der Waals surface area contributed by atoms with Gasteiger partial charge in [0.15, 0.2) is 12.2 Å². The molecular formula is C21H30N3+. The van der Waals surface area contributed by atoms with E-state index in [1.165, 1.54) is 73.7 Å². The van der Waals surface area contributed by atoms with E-state index in [1.54, 1.807) is 0 Å². The lowest BCUT2D eigenvalue weighted by molar-refractivity contribution is -0.680. The van der Waals surface area contributed by atoms with Gasteiger partial charge in [-0.3, -0.25) is 0 Å². The quantitative estimate of drug-likeness (QED) is 0.877. The Hall–Kier alpha value is -1.61. The number of rotatable bonds is 3. The maximum absolute atomic E-state index is 6.55. The van der Waals surface area contributed by atoms with Crippen LogP contribution in [0.25, 0.3) is 10.9 Å². The molecule has 3 heteroatoms. The number of para-hydroxylation sites is 1. The van der Waals surface area contributed by atoms with Gasteiger partial charge in [0, 0.05) is 30.5 Å². The second-order valence-corrected chi connectivity index (χ2v) is 7.63. The van der Waals surface area contributed by atoms with Crippen LogP contribution in [0, 0.1) is 0 Å². The molecule has 4 rings (SSSR count). The molecule has 1 aromatic carbocycles. The van der Waals surface area contributed by atoms with E-state index in [4.69, 9.17) is 5.73 Å². The summed E-state index contributed by atoms with van der Waals surface area (Å²) in [6.45, 7) is 2.38. The number of nitrogens with zero attached hydrogens (tertiary/aromatic N) is 2. The lowest BCUT2D eigenvalue weighted by atomic mass is 9.92. The van der Waals surface area contributed by atoms with Gasteiger partial charge >= 0.3 is 0 Å². The van der Waals surface area contributed by atoms with Crippen LogP contribution in [0.4, 0.5) is 5.69 Å². The third kappa shape index (κ3) is 2.79. The SMILES string of the molecule is CN1CCCCC1CC[n+]1c2c(c(N)c3ccccc31)CCCC2. The number of aromatic nitrogens is 1. The van der Waals surface area contributed by atoms with Gasteiger partial charge in [0.1, 0.15) is 0 Å². The number of hydrogen-bond donors (Lipinski definition) is 1. The number of nitrogen functional groups attached to an aromatic ring is 1. The predicted molar refractivity (Wildman–Crippen MR) is 100 cm³/mol. The number of fused-ring (bicyclic) bond motifs is 2. The van der Waals surface area contributed by atoms with E-state index in [9.17, 15) is 0 Å². The first-order chi connectivity index (χ1) is 11.8. The first-order valence-corrected chi connectivity index (χ1v) is 9.67. The molecular weight excluding hydrogens is 294 g/mol. The molecule has 128 valence electrons. The molecule has 1 unspecified atom stereocenters. The number of benzene rings is 1. The van der Waals surface area contributed by atoms with Crippen LogP contribution in [0.15, 0.2) is 24.3 Å². The summed E-state index contributed by atoms with van der Waals surface area (Å²) in [5, 5.41) is 1.25. The van der Waals surface area contributed by atoms with E-state index in [0.717, 1.165) is 24.7 Å². The summed E-state index contributed by atoms with van der Waals surface area (Å²) in [4.78, 5) is 2.57. The largest absolute Gasteiger partial charge is 0.398 e. The molecule has 0 bridgehead atoms. The maximum atomic E-state index is 6.55. The molecule has 1 aliphatic heterocycles. The van der Waals surface area contributed by atoms with Crippen molar-refractivity contribution >= 4 is 16.6 Å². The van der Waals surface area contributed by atoms with Gasteiger partial charge < -0.3 is 10.6 Å². The van der Waals surface area contributed by atoms with Crippen LogP contribution in [-0.4, -0.2) is 24.5 Å². The number of piperidine rings is 1. The Kier molecular flexibility index (Phi) is 4.45. The zero-order chi connectivity index (χ0) is 16.5. The summed E-state index contributed by atoms with van der Waals surface area (Å²) in [6, 6.07) is 9.46. The smallest absolute Gasteiger partial charge is 0.214 e. The summed E-state index contributed by atoms with van der Waals surface area (Å²) >= 11 is 0. The normalized spacial score (nSPS) is 21.8. The summed E-state index contributed by atoms with van der Waals surface area (Å²) < 4.78 is 2.60. The van der Waals surface area contributed by atoms with Crippen molar-refractivity contribution in [1.29, 1.82) is 0 Å². The van der Waals surface area contributed by atoms with Crippen LogP contribution < -0.4 is 10.3 Å². The Balaban J connectivity index is 1.72. The molecule has 1 aliphatic carbocycles. The van der Waals surface area contributed by atoms with E-state index in [-0.39, 0.29) is 0 Å². The van der Waals surface area contributed by atoms with E-state index < -0.39 is 0 Å². The van der Waals surface area contributed by atoms with Crippen molar-refractivity contribution in [3.63, 3.8) is 0 Å². The van der Waals surface area contributed by atoms with Crippen molar-refractivity contribution in [2.45, 2.75) is 64.0 Å². The molecule has 24 heavy (non-hydrogen) atoms. The number of hydrogen-bond acceptors (Lipinski definition) is 2. The van der Waals surface area contributed by atoms with E-state index in [1.807, 2.05) is 0 Å². The molecule has 2 aromatic rings. The highest BCUT2D eigenvalue weighted by molar-refractivity contribution is 5.89. The maximum Gasteiger partial charge on any atom is 0.214 e. The van der Waals surface area contributed by atoms with Gasteiger partial charge in [-0.1, -0.05) is 18.6 Å². The molecule has 1 fully saturated rings. The van der Waals surface area contributed by atoms with Gasteiger partial charge in [-0.15, -0.1) is 0 Å². The minimum atomic E-state index is 0.738. The topological polar surface area (TPSA) is 33.1 Å². The third-order valence-corrected chi connectivity index (χ3v) is 6.18. The van der Waals surface area contributed by atoms with Crippen LogP contribution in [0.1, 0.15) is 49.8 Å². The van der Waals surface area contributed by atoms with Gasteiger partial charge in [-0.2, -0.15) is 4.57 Å². The molecule has 2 aliphatic rings. The van der Waals surface area contributed by atoms with Gasteiger partial charge in [0.2, 0.25) is 5.52 Å². The predicted octanol–water partition coefficient (Wildman–Crippen LogP) is 3.46. The molecule has 2 heterocycles. The molecule has 0 spiro atoms. The Morgan fingerprint density at radius 2 is 1.96 bits per heavy atom. The van der Waals surface area contributed by atoms with Crippen LogP contribution in [-0.2, 0) is 19.4 Å². The van der Waals surface area contributed by atoms with Gasteiger partial charge in [0.05, 0.1) is 11.1 Å².